The Bertz CT molecular complexity index is 275. The summed E-state index contributed by atoms with van der Waals surface area (Å²) in [5, 5.41) is 0.0856. The third-order valence-corrected chi connectivity index (χ3v) is 3.03. The molecule has 1 aromatic heterocycles. The summed E-state index contributed by atoms with van der Waals surface area (Å²) in [6, 6.07) is 0. The number of aromatic nitrogens is 1. The van der Waals surface area contributed by atoms with Crippen LogP contribution in [0.1, 0.15) is 11.3 Å². The maximum atomic E-state index is 12.8. The lowest BCUT2D eigenvalue weighted by atomic mass is 10.2. The monoisotopic (exact) mass is 237 g/mol. The van der Waals surface area contributed by atoms with Crippen LogP contribution in [-0.4, -0.2) is 4.98 Å². The topological polar surface area (TPSA) is 12.9 Å². The molecule has 1 heterocycles. The van der Waals surface area contributed by atoms with E-state index in [-0.39, 0.29) is 5.02 Å². The van der Waals surface area contributed by atoms with Crippen molar-refractivity contribution in [2.75, 3.05) is 0 Å². The average Bonchev–Trinajstić information content (AvgIpc) is 1.97. The van der Waals surface area contributed by atoms with Crippen molar-refractivity contribution in [1.29, 1.82) is 0 Å². The summed E-state index contributed by atoms with van der Waals surface area (Å²) in [6.07, 6.45) is 0. The normalized spacial score (nSPS) is 10.3. The summed E-state index contributed by atoms with van der Waals surface area (Å²) >= 11 is 8.84. The fourth-order valence-corrected chi connectivity index (χ4v) is 1.31. The Hall–Kier alpha value is -0.150. The third kappa shape index (κ3) is 1.54. The van der Waals surface area contributed by atoms with Crippen LogP contribution < -0.4 is 0 Å². The van der Waals surface area contributed by atoms with E-state index in [1.807, 2.05) is 0 Å². The second-order valence-electron chi connectivity index (χ2n) is 2.24. The minimum Gasteiger partial charge on any atom is -0.223 e. The van der Waals surface area contributed by atoms with Gasteiger partial charge in [0.2, 0.25) is 5.95 Å². The van der Waals surface area contributed by atoms with Gasteiger partial charge in [0, 0.05) is 4.47 Å². The van der Waals surface area contributed by atoms with Crippen LogP contribution in [0, 0.1) is 19.8 Å². The van der Waals surface area contributed by atoms with Gasteiger partial charge in [0.25, 0.3) is 0 Å². The van der Waals surface area contributed by atoms with Gasteiger partial charge in [-0.1, -0.05) is 11.6 Å². The van der Waals surface area contributed by atoms with Gasteiger partial charge < -0.3 is 0 Å². The molecule has 0 fully saturated rings. The van der Waals surface area contributed by atoms with Gasteiger partial charge in [-0.3, -0.25) is 0 Å². The number of hydrogen-bond acceptors (Lipinski definition) is 1. The molecule has 0 aromatic carbocycles. The minimum absolute atomic E-state index is 0.0856. The molecule has 0 N–H and O–H groups in total. The molecule has 1 rings (SSSR count). The number of nitrogens with zero attached hydrogens (tertiary/aromatic N) is 1. The lowest BCUT2D eigenvalue weighted by molar-refractivity contribution is 0.578. The Balaban J connectivity index is 3.46. The smallest absolute Gasteiger partial charge is 0.223 e. The highest BCUT2D eigenvalue weighted by Crippen LogP contribution is 2.27. The van der Waals surface area contributed by atoms with E-state index >= 15 is 0 Å². The van der Waals surface area contributed by atoms with E-state index in [1.165, 1.54) is 0 Å². The standard InChI is InChI=1S/C7H6BrClFN/c1-3-5(8)4(2)11-7(10)6(3)9/h1-2H3. The lowest BCUT2D eigenvalue weighted by Gasteiger charge is -2.03. The van der Waals surface area contributed by atoms with Crippen LogP contribution in [-0.2, 0) is 0 Å². The molecule has 0 aliphatic heterocycles. The summed E-state index contributed by atoms with van der Waals surface area (Å²) in [7, 11) is 0. The zero-order chi connectivity index (χ0) is 8.59. The fraction of sp³-hybridized carbons (Fsp3) is 0.286. The van der Waals surface area contributed by atoms with Crippen molar-refractivity contribution >= 4 is 27.5 Å². The molecule has 0 radical (unpaired) electrons. The summed E-state index contributed by atoms with van der Waals surface area (Å²) in [5.41, 5.74) is 1.31. The first-order chi connectivity index (χ1) is 5.04. The molecular formula is C7H6BrClFN. The van der Waals surface area contributed by atoms with Gasteiger partial charge in [0.05, 0.1) is 10.7 Å². The predicted molar refractivity (Wildman–Crippen MR) is 46.4 cm³/mol. The first-order valence-electron chi connectivity index (χ1n) is 3.01. The van der Waals surface area contributed by atoms with Crippen LogP contribution in [0.5, 0.6) is 0 Å². The van der Waals surface area contributed by atoms with Crippen LogP contribution in [0.15, 0.2) is 4.47 Å². The molecule has 0 amide bonds. The molecule has 0 aliphatic rings. The minimum atomic E-state index is -0.607. The highest BCUT2D eigenvalue weighted by Gasteiger charge is 2.10. The maximum absolute atomic E-state index is 12.8. The maximum Gasteiger partial charge on any atom is 0.232 e. The Morgan fingerprint density at radius 1 is 1.45 bits per heavy atom. The first-order valence-corrected chi connectivity index (χ1v) is 4.19. The van der Waals surface area contributed by atoms with Crippen LogP contribution in [0.25, 0.3) is 0 Å². The van der Waals surface area contributed by atoms with E-state index in [2.05, 4.69) is 20.9 Å². The Kier molecular flexibility index (Phi) is 2.50. The van der Waals surface area contributed by atoms with Crippen LogP contribution in [0.3, 0.4) is 0 Å². The molecule has 1 nitrogen and oxygen atoms in total. The highest BCUT2D eigenvalue weighted by atomic mass is 79.9. The summed E-state index contributed by atoms with van der Waals surface area (Å²) in [4.78, 5) is 3.59. The van der Waals surface area contributed by atoms with Crippen LogP contribution in [0.4, 0.5) is 4.39 Å². The van der Waals surface area contributed by atoms with E-state index in [4.69, 9.17) is 11.6 Å². The largest absolute Gasteiger partial charge is 0.232 e. The van der Waals surface area contributed by atoms with Crippen LogP contribution >= 0.6 is 27.5 Å². The molecule has 60 valence electrons. The molecule has 0 aliphatic carbocycles. The van der Waals surface area contributed by atoms with Gasteiger partial charge in [-0.05, 0) is 35.3 Å². The Labute approximate surface area is 77.7 Å². The van der Waals surface area contributed by atoms with Crippen molar-refractivity contribution in [3.05, 3.63) is 26.7 Å². The molecular weight excluding hydrogens is 232 g/mol. The van der Waals surface area contributed by atoms with E-state index in [9.17, 15) is 4.39 Å². The second-order valence-corrected chi connectivity index (χ2v) is 3.41. The first kappa shape index (κ1) is 8.94. The number of hydrogen-bond donors (Lipinski definition) is 0. The molecule has 0 spiro atoms. The van der Waals surface area contributed by atoms with Crippen molar-refractivity contribution in [2.45, 2.75) is 13.8 Å². The van der Waals surface area contributed by atoms with Crippen molar-refractivity contribution in [3.8, 4) is 0 Å². The number of pyridine rings is 1. The van der Waals surface area contributed by atoms with E-state index < -0.39 is 5.95 Å². The van der Waals surface area contributed by atoms with Gasteiger partial charge in [-0.2, -0.15) is 4.39 Å². The zero-order valence-electron chi connectivity index (χ0n) is 6.08. The van der Waals surface area contributed by atoms with Crippen molar-refractivity contribution in [1.82, 2.24) is 4.98 Å². The molecule has 0 unspecified atom stereocenters. The molecule has 4 heteroatoms. The van der Waals surface area contributed by atoms with E-state index in [1.54, 1.807) is 13.8 Å². The SMILES string of the molecule is Cc1nc(F)c(Cl)c(C)c1Br. The average molecular weight is 238 g/mol. The summed E-state index contributed by atoms with van der Waals surface area (Å²) < 4.78 is 13.5. The quantitative estimate of drug-likeness (QED) is 0.632. The van der Waals surface area contributed by atoms with Crippen molar-refractivity contribution in [2.24, 2.45) is 0 Å². The van der Waals surface area contributed by atoms with Gasteiger partial charge in [0.15, 0.2) is 0 Å². The van der Waals surface area contributed by atoms with E-state index in [0.29, 0.717) is 11.3 Å². The second kappa shape index (κ2) is 3.07. The third-order valence-electron chi connectivity index (χ3n) is 1.42. The van der Waals surface area contributed by atoms with Gasteiger partial charge >= 0.3 is 0 Å². The van der Waals surface area contributed by atoms with Crippen molar-refractivity contribution in [3.63, 3.8) is 0 Å². The highest BCUT2D eigenvalue weighted by molar-refractivity contribution is 9.10. The van der Waals surface area contributed by atoms with Gasteiger partial charge in [-0.15, -0.1) is 0 Å². The zero-order valence-corrected chi connectivity index (χ0v) is 8.42. The summed E-state index contributed by atoms with van der Waals surface area (Å²) in [5.74, 6) is -0.607. The summed E-state index contributed by atoms with van der Waals surface area (Å²) in [6.45, 7) is 3.46. The van der Waals surface area contributed by atoms with Crippen LogP contribution in [0.2, 0.25) is 5.02 Å². The van der Waals surface area contributed by atoms with Crippen molar-refractivity contribution < 1.29 is 4.39 Å². The van der Waals surface area contributed by atoms with E-state index in [0.717, 1.165) is 4.47 Å². The Morgan fingerprint density at radius 2 is 2.00 bits per heavy atom. The predicted octanol–water partition coefficient (Wildman–Crippen LogP) is 3.25. The number of aryl methyl sites for hydroxylation is 1. The molecule has 0 saturated carbocycles. The molecule has 0 bridgehead atoms. The molecule has 0 atom stereocenters. The molecule has 11 heavy (non-hydrogen) atoms. The number of halogens is 3. The molecule has 1 aromatic rings. The molecule has 0 saturated heterocycles. The number of rotatable bonds is 0. The lowest BCUT2D eigenvalue weighted by Crippen LogP contribution is -1.93. The Morgan fingerprint density at radius 3 is 2.55 bits per heavy atom. The van der Waals surface area contributed by atoms with Gasteiger partial charge in [-0.25, -0.2) is 4.98 Å². The fourth-order valence-electron chi connectivity index (χ4n) is 0.768. The van der Waals surface area contributed by atoms with Gasteiger partial charge in [0.1, 0.15) is 0 Å².